The fraction of sp³-hybridized carbons (Fsp3) is 0.830. The van der Waals surface area contributed by atoms with Crippen molar-refractivity contribution in [1.29, 1.82) is 0 Å². The average Bonchev–Trinajstić information content (AvgIpc) is 3.91. The Bertz CT molecular complexity index is 2090. The van der Waals surface area contributed by atoms with Crippen molar-refractivity contribution in [1.82, 2.24) is 0 Å². The minimum Gasteiger partial charge on any atom is -0.459 e. The van der Waals surface area contributed by atoms with Gasteiger partial charge in [0.25, 0.3) is 0 Å². The standard InChI is InChI=1S/C53H79NO17/c1-25-13-18-53(64-23-25)26(2)38-35(71-53)21-34-32-12-11-29-20-31(14-16-51(29,4)33(32)15-17-52(34,38)5)66-50-46(70-48-43(60)41(58)39(56)27(3)65-48)44(61)45(36(22-55)67-50)69-49-42(59)40(57)37(68-49)24-63-47(62)28-9-8-10-30(19-28)54(6)7/h8-11,19,25-27,31-46,48-50,55-61H,12-18,20-24H2,1-7H3/t25-,26?,27+,31+,32?,33?,34?,35?,36-,37+,38?,39+,40+,41-,42-,43-,44+,45-,46-,48?,49?,50-,51+,52+,53-/m1/s1. The zero-order chi connectivity index (χ0) is 50.5. The lowest BCUT2D eigenvalue weighted by atomic mass is 9.47. The fourth-order valence-electron chi connectivity index (χ4n) is 15.0. The maximum atomic E-state index is 13.0. The Hall–Kier alpha value is -2.37. The molecule has 10 rings (SSSR count). The molecule has 9 aliphatic rings. The van der Waals surface area contributed by atoms with Crippen LogP contribution in [-0.2, 0) is 42.6 Å². The van der Waals surface area contributed by atoms with Gasteiger partial charge in [-0.1, -0.05) is 45.4 Å². The van der Waals surface area contributed by atoms with E-state index in [1.54, 1.807) is 18.2 Å². The number of hydrogen-bond donors (Lipinski definition) is 7. The minimum atomic E-state index is -1.74. The van der Waals surface area contributed by atoms with Crippen LogP contribution in [0.1, 0.15) is 103 Å². The monoisotopic (exact) mass is 1000 g/mol. The van der Waals surface area contributed by atoms with Gasteiger partial charge in [0.15, 0.2) is 24.7 Å². The van der Waals surface area contributed by atoms with Crippen molar-refractivity contribution in [3.63, 3.8) is 0 Å². The van der Waals surface area contributed by atoms with Crippen LogP contribution in [0.25, 0.3) is 0 Å². The summed E-state index contributed by atoms with van der Waals surface area (Å²) in [4.78, 5) is 14.8. The lowest BCUT2D eigenvalue weighted by molar-refractivity contribution is -0.380. The number of carbonyl (C=O) groups excluding carboxylic acids is 1. The number of esters is 1. The van der Waals surface area contributed by atoms with Gasteiger partial charge in [0, 0.05) is 32.1 Å². The van der Waals surface area contributed by atoms with E-state index in [4.69, 9.17) is 42.6 Å². The molecule has 7 N–H and O–H groups in total. The highest BCUT2D eigenvalue weighted by atomic mass is 16.8. The second-order valence-corrected chi connectivity index (χ2v) is 23.4. The van der Waals surface area contributed by atoms with E-state index in [1.807, 2.05) is 25.1 Å². The molecule has 1 spiro atoms. The molecule has 0 amide bonds. The molecule has 18 heteroatoms. The average molecular weight is 1000 g/mol. The van der Waals surface area contributed by atoms with Crippen LogP contribution < -0.4 is 4.90 Å². The highest BCUT2D eigenvalue weighted by molar-refractivity contribution is 5.90. The summed E-state index contributed by atoms with van der Waals surface area (Å²) in [6.45, 7) is 10.8. The molecule has 0 aromatic heterocycles. The van der Waals surface area contributed by atoms with Crippen molar-refractivity contribution < 1.29 is 83.2 Å². The van der Waals surface area contributed by atoms with Crippen LogP contribution >= 0.6 is 0 Å². The summed E-state index contributed by atoms with van der Waals surface area (Å²) < 4.78 is 56.3. The third-order valence-corrected chi connectivity index (χ3v) is 19.1. The molecule has 8 fully saturated rings. The second-order valence-electron chi connectivity index (χ2n) is 23.4. The summed E-state index contributed by atoms with van der Waals surface area (Å²) in [7, 11) is 3.67. The number of benzene rings is 1. The molecule has 18 nitrogen and oxygen atoms in total. The molecule has 1 aromatic carbocycles. The van der Waals surface area contributed by atoms with Crippen molar-refractivity contribution in [2.45, 2.75) is 196 Å². The molecule has 5 saturated heterocycles. The van der Waals surface area contributed by atoms with Crippen molar-refractivity contribution >= 4 is 11.7 Å². The van der Waals surface area contributed by atoms with E-state index in [0.717, 1.165) is 57.2 Å². The first kappa shape index (κ1) is 52.1. The van der Waals surface area contributed by atoms with E-state index >= 15 is 0 Å². The first-order valence-electron chi connectivity index (χ1n) is 26.3. The van der Waals surface area contributed by atoms with Crippen LogP contribution in [-0.4, -0.2) is 180 Å². The van der Waals surface area contributed by atoms with Crippen LogP contribution in [0.2, 0.25) is 0 Å². The minimum absolute atomic E-state index is 0.0410. The number of allylic oxidation sites excluding steroid dienone is 1. The Morgan fingerprint density at radius 1 is 0.789 bits per heavy atom. The lowest BCUT2D eigenvalue weighted by Gasteiger charge is -2.58. The maximum Gasteiger partial charge on any atom is 0.338 e. The number of rotatable bonds is 11. The largest absolute Gasteiger partial charge is 0.459 e. The van der Waals surface area contributed by atoms with Crippen LogP contribution in [0.5, 0.6) is 0 Å². The van der Waals surface area contributed by atoms with Gasteiger partial charge in [0.2, 0.25) is 0 Å². The van der Waals surface area contributed by atoms with E-state index in [0.29, 0.717) is 48.3 Å². The molecule has 398 valence electrons. The third-order valence-electron chi connectivity index (χ3n) is 19.1. The predicted molar refractivity (Wildman–Crippen MR) is 252 cm³/mol. The zero-order valence-corrected chi connectivity index (χ0v) is 42.2. The lowest BCUT2D eigenvalue weighted by Crippen LogP contribution is -2.65. The van der Waals surface area contributed by atoms with Crippen LogP contribution in [0.4, 0.5) is 5.69 Å². The number of aliphatic hydroxyl groups is 7. The molecule has 5 heterocycles. The van der Waals surface area contributed by atoms with E-state index < -0.39 is 111 Å². The van der Waals surface area contributed by atoms with Crippen LogP contribution in [0.3, 0.4) is 0 Å². The Morgan fingerprint density at radius 3 is 2.25 bits per heavy atom. The SMILES string of the molecule is CC1C2C(CC3C4CC=C5C[C@@H](O[C@@H]6O[C@H](CO)[C@@H](OC7O[C@@H](COC(=O)c8cccc(N(C)C)c8)[C@H](O)[C@H]7O)[C@H](O)[C@H]6OC6O[C@@H](C)[C@H](O)[C@@H](O)[C@H]6O)CC[C@]5(C)C4CC[C@@]32C)O[C@]12CC[C@@H](C)CO2. The first-order chi connectivity index (χ1) is 33.8. The van der Waals surface area contributed by atoms with Gasteiger partial charge in [0.1, 0.15) is 67.6 Å². The number of fused-ring (bicyclic) bond motifs is 7. The molecule has 1 aromatic rings. The number of ether oxygens (including phenoxy) is 9. The molecule has 3 saturated carbocycles. The number of hydrogen-bond acceptors (Lipinski definition) is 18. The van der Waals surface area contributed by atoms with E-state index in [-0.39, 0.29) is 28.6 Å². The number of carbonyl (C=O) groups is 1. The van der Waals surface area contributed by atoms with Gasteiger partial charge in [-0.2, -0.15) is 0 Å². The van der Waals surface area contributed by atoms with Crippen LogP contribution in [0.15, 0.2) is 35.9 Å². The van der Waals surface area contributed by atoms with Gasteiger partial charge in [-0.25, -0.2) is 4.79 Å². The van der Waals surface area contributed by atoms with Crippen molar-refractivity contribution in [2.75, 3.05) is 38.8 Å². The fourth-order valence-corrected chi connectivity index (χ4v) is 15.0. The van der Waals surface area contributed by atoms with Crippen molar-refractivity contribution in [3.8, 4) is 0 Å². The third kappa shape index (κ3) is 9.13. The molecule has 25 atom stereocenters. The smallest absolute Gasteiger partial charge is 0.338 e. The normalized spacial score (nSPS) is 50.4. The number of nitrogens with zero attached hydrogens (tertiary/aromatic N) is 1. The van der Waals surface area contributed by atoms with Gasteiger partial charge in [-0.3, -0.25) is 0 Å². The first-order valence-corrected chi connectivity index (χ1v) is 26.3. The number of aliphatic hydroxyl groups excluding tert-OH is 7. The van der Waals surface area contributed by atoms with E-state index in [2.05, 4.69) is 33.8 Å². The highest BCUT2D eigenvalue weighted by Crippen LogP contribution is 2.70. The molecule has 8 unspecified atom stereocenters. The van der Waals surface area contributed by atoms with E-state index in [9.17, 15) is 40.5 Å². The van der Waals surface area contributed by atoms with Crippen LogP contribution in [0, 0.1) is 46.3 Å². The molecular weight excluding hydrogens is 923 g/mol. The number of anilines is 1. The zero-order valence-electron chi connectivity index (χ0n) is 42.2. The van der Waals surface area contributed by atoms with Gasteiger partial charge in [0.05, 0.1) is 37.1 Å². The summed E-state index contributed by atoms with van der Waals surface area (Å²) in [5.74, 6) is 1.86. The Labute approximate surface area is 416 Å². The van der Waals surface area contributed by atoms with Gasteiger partial charge >= 0.3 is 5.97 Å². The molecule has 4 aliphatic carbocycles. The second kappa shape index (κ2) is 20.0. The Morgan fingerprint density at radius 2 is 1.52 bits per heavy atom. The highest BCUT2D eigenvalue weighted by Gasteiger charge is 2.69. The summed E-state index contributed by atoms with van der Waals surface area (Å²) in [6.07, 6.45) is -9.78. The topological polar surface area (TPSA) is 245 Å². The molecule has 0 radical (unpaired) electrons. The predicted octanol–water partition coefficient (Wildman–Crippen LogP) is 2.78. The molecule has 0 bridgehead atoms. The molecule has 71 heavy (non-hydrogen) atoms. The Balaban J connectivity index is 0.826. The quantitative estimate of drug-likeness (QED) is 0.125. The molecule has 5 aliphatic heterocycles. The van der Waals surface area contributed by atoms with E-state index in [1.165, 1.54) is 12.5 Å². The van der Waals surface area contributed by atoms with Crippen molar-refractivity contribution in [2.24, 2.45) is 46.3 Å². The summed E-state index contributed by atoms with van der Waals surface area (Å²) in [5.41, 5.74) is 2.53. The summed E-state index contributed by atoms with van der Waals surface area (Å²) >= 11 is 0. The van der Waals surface area contributed by atoms with Gasteiger partial charge < -0.3 is 83.3 Å². The Kier molecular flexibility index (Phi) is 14.6. The van der Waals surface area contributed by atoms with Crippen molar-refractivity contribution in [3.05, 3.63) is 41.5 Å². The van der Waals surface area contributed by atoms with Gasteiger partial charge in [-0.05, 0) is 117 Å². The summed E-state index contributed by atoms with van der Waals surface area (Å²) in [6, 6.07) is 6.79. The molecular formula is C53H79NO17. The maximum absolute atomic E-state index is 13.0. The summed E-state index contributed by atoms with van der Waals surface area (Å²) in [5, 5.41) is 77.3. The van der Waals surface area contributed by atoms with Gasteiger partial charge in [-0.15, -0.1) is 0 Å².